The molecule has 17 heavy (non-hydrogen) atoms. The number of hydrogen-bond donors (Lipinski definition) is 1. The molecule has 0 saturated heterocycles. The van der Waals surface area contributed by atoms with Crippen LogP contribution in [0.25, 0.3) is 0 Å². The monoisotopic (exact) mass is 231 g/mol. The zero-order chi connectivity index (χ0) is 12.1. The van der Waals surface area contributed by atoms with Gasteiger partial charge < -0.3 is 10.0 Å². The second-order valence-corrected chi connectivity index (χ2v) is 4.19. The number of nitrogens with zero attached hydrogens (tertiary/aromatic N) is 1. The number of aliphatic hydroxyl groups excluding tert-OH is 1. The predicted molar refractivity (Wildman–Crippen MR) is 66.7 cm³/mol. The fourth-order valence-corrected chi connectivity index (χ4v) is 2.05. The first kappa shape index (κ1) is 11.9. The van der Waals surface area contributed by atoms with Crippen LogP contribution in [0.4, 0.5) is 0 Å². The van der Waals surface area contributed by atoms with E-state index in [4.69, 9.17) is 5.11 Å². The molecule has 0 aliphatic carbocycles. The van der Waals surface area contributed by atoms with Crippen LogP contribution in [0.5, 0.6) is 0 Å². The van der Waals surface area contributed by atoms with Gasteiger partial charge in [-0.05, 0) is 17.5 Å². The topological polar surface area (TPSA) is 40.5 Å². The third kappa shape index (κ3) is 2.94. The molecular weight excluding hydrogens is 214 g/mol. The molecule has 0 spiro atoms. The Morgan fingerprint density at radius 3 is 2.47 bits per heavy atom. The lowest BCUT2D eigenvalue weighted by Gasteiger charge is -2.16. The van der Waals surface area contributed by atoms with Crippen LogP contribution in [0, 0.1) is 0 Å². The molecule has 1 amide bonds. The van der Waals surface area contributed by atoms with Gasteiger partial charge in [0.25, 0.3) is 0 Å². The highest BCUT2D eigenvalue weighted by Gasteiger charge is 2.15. The van der Waals surface area contributed by atoms with Crippen molar-refractivity contribution in [1.29, 1.82) is 0 Å². The number of hydrogen-bond acceptors (Lipinski definition) is 2. The first-order valence-electron chi connectivity index (χ1n) is 5.91. The number of amides is 1. The molecule has 1 aromatic rings. The molecule has 0 fully saturated rings. The molecule has 1 N–H and O–H groups in total. The van der Waals surface area contributed by atoms with Crippen LogP contribution < -0.4 is 0 Å². The fraction of sp³-hybridized carbons (Fsp3) is 0.357. The lowest BCUT2D eigenvalue weighted by Crippen LogP contribution is -2.29. The highest BCUT2D eigenvalue weighted by atomic mass is 16.3. The Kier molecular flexibility index (Phi) is 3.94. The number of rotatable bonds is 4. The summed E-state index contributed by atoms with van der Waals surface area (Å²) < 4.78 is 0. The lowest BCUT2D eigenvalue weighted by molar-refractivity contribution is -0.129. The summed E-state index contributed by atoms with van der Waals surface area (Å²) in [5, 5.41) is 8.98. The molecule has 0 saturated carbocycles. The Morgan fingerprint density at radius 2 is 1.82 bits per heavy atom. The van der Waals surface area contributed by atoms with Crippen molar-refractivity contribution in [2.75, 3.05) is 19.7 Å². The van der Waals surface area contributed by atoms with Gasteiger partial charge >= 0.3 is 0 Å². The molecule has 1 heterocycles. The Hall–Kier alpha value is -1.61. The maximum Gasteiger partial charge on any atom is 0.227 e. The Bertz CT molecular complexity index is 418. The summed E-state index contributed by atoms with van der Waals surface area (Å²) in [7, 11) is 0. The average Bonchev–Trinajstić information content (AvgIpc) is 2.85. The quantitative estimate of drug-likeness (QED) is 0.790. The van der Waals surface area contributed by atoms with Gasteiger partial charge in [0.1, 0.15) is 0 Å². The van der Waals surface area contributed by atoms with E-state index in [2.05, 4.69) is 0 Å². The van der Waals surface area contributed by atoms with Gasteiger partial charge in [0.05, 0.1) is 6.42 Å². The van der Waals surface area contributed by atoms with Crippen molar-refractivity contribution in [2.45, 2.75) is 12.8 Å². The van der Waals surface area contributed by atoms with E-state index in [0.717, 1.165) is 24.2 Å². The minimum Gasteiger partial charge on any atom is -0.396 e. The van der Waals surface area contributed by atoms with Gasteiger partial charge in [0, 0.05) is 19.7 Å². The average molecular weight is 231 g/mol. The van der Waals surface area contributed by atoms with Crippen LogP contribution in [0.15, 0.2) is 36.4 Å². The summed E-state index contributed by atoms with van der Waals surface area (Å²) in [5.74, 6) is 0.153. The Morgan fingerprint density at radius 1 is 1.18 bits per heavy atom. The van der Waals surface area contributed by atoms with Crippen molar-refractivity contribution in [1.82, 2.24) is 4.90 Å². The van der Waals surface area contributed by atoms with Gasteiger partial charge in [-0.1, -0.05) is 36.4 Å². The van der Waals surface area contributed by atoms with Gasteiger partial charge in [-0.25, -0.2) is 0 Å². The maximum absolute atomic E-state index is 12.0. The molecule has 2 rings (SSSR count). The number of carbonyl (C=O) groups excluding carboxylic acids is 1. The zero-order valence-electron chi connectivity index (χ0n) is 9.80. The summed E-state index contributed by atoms with van der Waals surface area (Å²) in [4.78, 5) is 13.8. The molecule has 3 nitrogen and oxygen atoms in total. The smallest absolute Gasteiger partial charge is 0.227 e. The molecular formula is C14H17NO2. The zero-order valence-corrected chi connectivity index (χ0v) is 9.80. The van der Waals surface area contributed by atoms with Crippen molar-refractivity contribution < 1.29 is 9.90 Å². The van der Waals surface area contributed by atoms with E-state index in [1.165, 1.54) is 0 Å². The molecule has 0 radical (unpaired) electrons. The van der Waals surface area contributed by atoms with Crippen molar-refractivity contribution in [3.8, 4) is 0 Å². The van der Waals surface area contributed by atoms with Crippen LogP contribution in [0.1, 0.15) is 11.1 Å². The highest BCUT2D eigenvalue weighted by molar-refractivity contribution is 5.79. The molecule has 1 aliphatic rings. The number of benzene rings is 1. The van der Waals surface area contributed by atoms with Crippen LogP contribution in [0.3, 0.4) is 0 Å². The summed E-state index contributed by atoms with van der Waals surface area (Å²) >= 11 is 0. The SMILES string of the molecule is O=C(Cc1ccccc1CCO)N1CC=CC1. The maximum atomic E-state index is 12.0. The molecule has 90 valence electrons. The van der Waals surface area contributed by atoms with E-state index in [9.17, 15) is 4.79 Å². The number of aliphatic hydroxyl groups is 1. The molecule has 0 bridgehead atoms. The van der Waals surface area contributed by atoms with E-state index in [-0.39, 0.29) is 12.5 Å². The van der Waals surface area contributed by atoms with Gasteiger partial charge in [-0.2, -0.15) is 0 Å². The van der Waals surface area contributed by atoms with Gasteiger partial charge in [0.2, 0.25) is 5.91 Å². The summed E-state index contributed by atoms with van der Waals surface area (Å²) in [6, 6.07) is 7.82. The summed E-state index contributed by atoms with van der Waals surface area (Å²) in [5.41, 5.74) is 2.09. The van der Waals surface area contributed by atoms with Crippen molar-refractivity contribution in [2.24, 2.45) is 0 Å². The van der Waals surface area contributed by atoms with Crippen LogP contribution in [-0.4, -0.2) is 35.6 Å². The molecule has 0 aromatic heterocycles. The van der Waals surface area contributed by atoms with Gasteiger partial charge in [-0.15, -0.1) is 0 Å². The first-order valence-corrected chi connectivity index (χ1v) is 5.91. The highest BCUT2D eigenvalue weighted by Crippen LogP contribution is 2.12. The minimum absolute atomic E-state index is 0.122. The van der Waals surface area contributed by atoms with Crippen molar-refractivity contribution in [3.63, 3.8) is 0 Å². The standard InChI is InChI=1S/C14H17NO2/c16-10-7-12-5-1-2-6-13(12)11-14(17)15-8-3-4-9-15/h1-6,16H,7-11H2. The Balaban J connectivity index is 2.04. The van der Waals surface area contributed by atoms with Crippen molar-refractivity contribution >= 4 is 5.91 Å². The van der Waals surface area contributed by atoms with E-state index in [1.807, 2.05) is 41.3 Å². The van der Waals surface area contributed by atoms with E-state index >= 15 is 0 Å². The lowest BCUT2D eigenvalue weighted by atomic mass is 10.0. The van der Waals surface area contributed by atoms with Gasteiger partial charge in [0.15, 0.2) is 0 Å². The molecule has 1 aliphatic heterocycles. The van der Waals surface area contributed by atoms with Gasteiger partial charge in [-0.3, -0.25) is 4.79 Å². The first-order chi connectivity index (χ1) is 8.31. The predicted octanol–water partition coefficient (Wildman–Crippen LogP) is 1.16. The van der Waals surface area contributed by atoms with Crippen molar-refractivity contribution in [3.05, 3.63) is 47.5 Å². The fourth-order valence-electron chi connectivity index (χ4n) is 2.05. The Labute approximate surface area is 101 Å². The largest absolute Gasteiger partial charge is 0.396 e. The van der Waals surface area contributed by atoms with E-state index < -0.39 is 0 Å². The van der Waals surface area contributed by atoms with Crippen LogP contribution >= 0.6 is 0 Å². The summed E-state index contributed by atoms with van der Waals surface area (Å²) in [6.45, 7) is 1.57. The molecule has 0 unspecified atom stereocenters. The minimum atomic E-state index is 0.122. The molecule has 0 atom stereocenters. The second-order valence-electron chi connectivity index (χ2n) is 4.19. The van der Waals surface area contributed by atoms with E-state index in [1.54, 1.807) is 0 Å². The third-order valence-electron chi connectivity index (χ3n) is 3.01. The molecule has 3 heteroatoms. The summed E-state index contributed by atoms with van der Waals surface area (Å²) in [6.07, 6.45) is 5.06. The third-order valence-corrected chi connectivity index (χ3v) is 3.01. The van der Waals surface area contributed by atoms with Crippen LogP contribution in [-0.2, 0) is 17.6 Å². The van der Waals surface area contributed by atoms with Crippen LogP contribution in [0.2, 0.25) is 0 Å². The molecule has 1 aromatic carbocycles. The van der Waals surface area contributed by atoms with E-state index in [0.29, 0.717) is 12.8 Å². The normalized spacial score (nSPS) is 14.3. The second kappa shape index (κ2) is 5.64. The number of carbonyl (C=O) groups is 1.